The second-order valence-electron chi connectivity index (χ2n) is 4.66. The van der Waals surface area contributed by atoms with Crippen LogP contribution in [-0.2, 0) is 0 Å². The summed E-state index contributed by atoms with van der Waals surface area (Å²) in [6, 6.07) is 14.3. The highest BCUT2D eigenvalue weighted by Gasteiger charge is 2.26. The molecule has 0 saturated heterocycles. The minimum absolute atomic E-state index is 0.134. The largest absolute Gasteiger partial charge is 0.294 e. The lowest BCUT2D eigenvalue weighted by atomic mass is 9.78. The van der Waals surface area contributed by atoms with E-state index in [0.29, 0.717) is 6.42 Å². The van der Waals surface area contributed by atoms with Crippen LogP contribution in [0.1, 0.15) is 40.2 Å². The zero-order valence-corrected chi connectivity index (χ0v) is 9.90. The van der Waals surface area contributed by atoms with Crippen molar-refractivity contribution in [3.05, 3.63) is 71.0 Å². The molecule has 0 aliphatic heterocycles. The quantitative estimate of drug-likeness (QED) is 0.738. The molecule has 18 heavy (non-hydrogen) atoms. The second kappa shape index (κ2) is 4.37. The molecule has 1 unspecified atom stereocenters. The van der Waals surface area contributed by atoms with Gasteiger partial charge in [0, 0.05) is 17.9 Å². The van der Waals surface area contributed by atoms with Crippen molar-refractivity contribution < 1.29 is 9.18 Å². The van der Waals surface area contributed by atoms with Crippen molar-refractivity contribution in [2.24, 2.45) is 0 Å². The third-order valence-electron chi connectivity index (χ3n) is 3.55. The van der Waals surface area contributed by atoms with E-state index in [4.69, 9.17) is 0 Å². The third kappa shape index (κ3) is 1.84. The molecule has 2 heteroatoms. The first-order valence-corrected chi connectivity index (χ1v) is 6.13. The summed E-state index contributed by atoms with van der Waals surface area (Å²) in [6.45, 7) is 0. The van der Waals surface area contributed by atoms with Crippen molar-refractivity contribution in [2.75, 3.05) is 0 Å². The Balaban J connectivity index is 2.10. The Morgan fingerprint density at radius 2 is 1.89 bits per heavy atom. The predicted molar refractivity (Wildman–Crippen MR) is 68.2 cm³/mol. The molecule has 2 aromatic carbocycles. The number of Topliss-reactive ketones (excluding diaryl/α,β-unsaturated/α-hetero) is 1. The van der Waals surface area contributed by atoms with Gasteiger partial charge in [-0.15, -0.1) is 0 Å². The molecule has 0 heterocycles. The van der Waals surface area contributed by atoms with E-state index >= 15 is 0 Å². The van der Waals surface area contributed by atoms with E-state index in [9.17, 15) is 9.18 Å². The van der Waals surface area contributed by atoms with E-state index in [1.54, 1.807) is 12.1 Å². The topological polar surface area (TPSA) is 17.1 Å². The molecule has 1 atom stereocenters. The minimum Gasteiger partial charge on any atom is -0.294 e. The summed E-state index contributed by atoms with van der Waals surface area (Å²) in [5, 5.41) is 0. The Morgan fingerprint density at radius 1 is 1.06 bits per heavy atom. The van der Waals surface area contributed by atoms with E-state index in [1.165, 1.54) is 6.07 Å². The van der Waals surface area contributed by atoms with Crippen molar-refractivity contribution >= 4 is 5.78 Å². The number of rotatable bonds is 1. The number of fused-ring (bicyclic) bond motifs is 1. The summed E-state index contributed by atoms with van der Waals surface area (Å²) in [5.41, 5.74) is 2.77. The number of carbonyl (C=O) groups is 1. The van der Waals surface area contributed by atoms with Crippen LogP contribution in [0.3, 0.4) is 0 Å². The molecule has 0 bridgehead atoms. The maximum absolute atomic E-state index is 13.3. The van der Waals surface area contributed by atoms with E-state index in [-0.39, 0.29) is 17.5 Å². The van der Waals surface area contributed by atoms with Gasteiger partial charge in [0.1, 0.15) is 5.82 Å². The minimum atomic E-state index is -0.220. The number of benzene rings is 2. The number of hydrogen-bond donors (Lipinski definition) is 0. The summed E-state index contributed by atoms with van der Waals surface area (Å²) in [4.78, 5) is 11.9. The maximum atomic E-state index is 13.3. The van der Waals surface area contributed by atoms with E-state index < -0.39 is 0 Å². The van der Waals surface area contributed by atoms with Crippen molar-refractivity contribution in [1.82, 2.24) is 0 Å². The smallest absolute Gasteiger partial charge is 0.163 e. The summed E-state index contributed by atoms with van der Waals surface area (Å²) in [7, 11) is 0. The number of ketones is 1. The summed E-state index contributed by atoms with van der Waals surface area (Å²) in [5.74, 6) is 0.106. The molecule has 0 saturated carbocycles. The van der Waals surface area contributed by atoms with Crippen LogP contribution in [0.5, 0.6) is 0 Å². The molecule has 1 aliphatic carbocycles. The molecule has 1 nitrogen and oxygen atoms in total. The molecule has 0 N–H and O–H groups in total. The first-order chi connectivity index (χ1) is 8.75. The normalized spacial score (nSPS) is 18.5. The SMILES string of the molecule is O=C1CCC(c2cccc(F)c2)c2ccccc21. The second-order valence-corrected chi connectivity index (χ2v) is 4.66. The van der Waals surface area contributed by atoms with Gasteiger partial charge in [-0.2, -0.15) is 0 Å². The highest BCUT2D eigenvalue weighted by Crippen LogP contribution is 2.36. The molecule has 0 radical (unpaired) electrons. The van der Waals surface area contributed by atoms with Gasteiger partial charge in [0.2, 0.25) is 0 Å². The van der Waals surface area contributed by atoms with Gasteiger partial charge in [-0.05, 0) is 29.7 Å². The molecular formula is C16H13FO. The van der Waals surface area contributed by atoms with E-state index in [0.717, 1.165) is 23.1 Å². The average Bonchev–Trinajstić information content (AvgIpc) is 2.39. The molecule has 3 rings (SSSR count). The Morgan fingerprint density at radius 3 is 2.72 bits per heavy atom. The van der Waals surface area contributed by atoms with Crippen molar-refractivity contribution in [1.29, 1.82) is 0 Å². The van der Waals surface area contributed by atoms with Gasteiger partial charge in [-0.3, -0.25) is 4.79 Å². The molecular weight excluding hydrogens is 227 g/mol. The van der Waals surface area contributed by atoms with Gasteiger partial charge in [0.15, 0.2) is 5.78 Å². The zero-order chi connectivity index (χ0) is 12.5. The van der Waals surface area contributed by atoms with Gasteiger partial charge in [0.05, 0.1) is 0 Å². The standard InChI is InChI=1S/C16H13FO/c17-12-5-3-4-11(10-12)13-8-9-16(18)15-7-2-1-6-14(13)15/h1-7,10,13H,8-9H2. The summed E-state index contributed by atoms with van der Waals surface area (Å²) < 4.78 is 13.3. The van der Waals surface area contributed by atoms with Gasteiger partial charge >= 0.3 is 0 Å². The lowest BCUT2D eigenvalue weighted by molar-refractivity contribution is 0.0969. The maximum Gasteiger partial charge on any atom is 0.163 e. The summed E-state index contributed by atoms with van der Waals surface area (Å²) >= 11 is 0. The highest BCUT2D eigenvalue weighted by molar-refractivity contribution is 5.99. The van der Waals surface area contributed by atoms with Crippen LogP contribution in [0.2, 0.25) is 0 Å². The van der Waals surface area contributed by atoms with Crippen LogP contribution in [0.15, 0.2) is 48.5 Å². The van der Waals surface area contributed by atoms with Gasteiger partial charge in [-0.25, -0.2) is 4.39 Å². The fraction of sp³-hybridized carbons (Fsp3) is 0.188. The van der Waals surface area contributed by atoms with Crippen molar-refractivity contribution in [3.63, 3.8) is 0 Å². The Hall–Kier alpha value is -1.96. The van der Waals surface area contributed by atoms with Crippen molar-refractivity contribution in [2.45, 2.75) is 18.8 Å². The highest BCUT2D eigenvalue weighted by atomic mass is 19.1. The Kier molecular flexibility index (Phi) is 2.71. The molecule has 1 aliphatic rings. The van der Waals surface area contributed by atoms with Crippen LogP contribution >= 0.6 is 0 Å². The molecule has 2 aromatic rings. The van der Waals surface area contributed by atoms with E-state index in [2.05, 4.69) is 0 Å². The summed E-state index contributed by atoms with van der Waals surface area (Å²) in [6.07, 6.45) is 1.30. The lowest BCUT2D eigenvalue weighted by Gasteiger charge is -2.25. The molecule has 0 aromatic heterocycles. The van der Waals surface area contributed by atoms with Crippen molar-refractivity contribution in [3.8, 4) is 0 Å². The number of halogens is 1. The van der Waals surface area contributed by atoms with Crippen LogP contribution in [0, 0.1) is 5.82 Å². The van der Waals surface area contributed by atoms with Crippen LogP contribution in [0.25, 0.3) is 0 Å². The van der Waals surface area contributed by atoms with Crippen LogP contribution < -0.4 is 0 Å². The number of carbonyl (C=O) groups excluding carboxylic acids is 1. The fourth-order valence-electron chi connectivity index (χ4n) is 2.69. The van der Waals surface area contributed by atoms with Crippen LogP contribution in [-0.4, -0.2) is 5.78 Å². The van der Waals surface area contributed by atoms with Crippen LogP contribution in [0.4, 0.5) is 4.39 Å². The molecule has 0 amide bonds. The average molecular weight is 240 g/mol. The Bertz CT molecular complexity index is 604. The van der Waals surface area contributed by atoms with Gasteiger partial charge in [-0.1, -0.05) is 36.4 Å². The monoisotopic (exact) mass is 240 g/mol. The predicted octanol–water partition coefficient (Wildman–Crippen LogP) is 3.93. The Labute approximate surface area is 105 Å². The first kappa shape index (κ1) is 11.1. The molecule has 90 valence electrons. The third-order valence-corrected chi connectivity index (χ3v) is 3.55. The van der Waals surface area contributed by atoms with Gasteiger partial charge in [0.25, 0.3) is 0 Å². The zero-order valence-electron chi connectivity index (χ0n) is 9.90. The van der Waals surface area contributed by atoms with Gasteiger partial charge < -0.3 is 0 Å². The van der Waals surface area contributed by atoms with E-state index in [1.807, 2.05) is 30.3 Å². The number of hydrogen-bond acceptors (Lipinski definition) is 1. The molecule has 0 spiro atoms. The molecule has 0 fully saturated rings. The lowest BCUT2D eigenvalue weighted by Crippen LogP contribution is -2.16. The fourth-order valence-corrected chi connectivity index (χ4v) is 2.69. The first-order valence-electron chi connectivity index (χ1n) is 6.13.